The third-order valence-corrected chi connectivity index (χ3v) is 4.23. The van der Waals surface area contributed by atoms with Crippen LogP contribution in [0, 0.1) is 6.92 Å². The van der Waals surface area contributed by atoms with Crippen molar-refractivity contribution in [2.45, 2.75) is 64.6 Å². The molecule has 0 saturated carbocycles. The third-order valence-electron chi connectivity index (χ3n) is 4.23. The zero-order chi connectivity index (χ0) is 14.4. The van der Waals surface area contributed by atoms with Gasteiger partial charge in [-0.05, 0) is 57.6 Å². The Balaban J connectivity index is 1.97. The summed E-state index contributed by atoms with van der Waals surface area (Å²) in [5, 5.41) is 3.58. The summed E-state index contributed by atoms with van der Waals surface area (Å²) in [5.41, 5.74) is 2.78. The Labute approximate surface area is 123 Å². The van der Waals surface area contributed by atoms with Gasteiger partial charge in [0.05, 0.1) is 12.2 Å². The highest BCUT2D eigenvalue weighted by Gasteiger charge is 2.25. The summed E-state index contributed by atoms with van der Waals surface area (Å²) in [4.78, 5) is 0. The van der Waals surface area contributed by atoms with Crippen LogP contribution < -0.4 is 5.32 Å². The van der Waals surface area contributed by atoms with E-state index in [9.17, 15) is 0 Å². The van der Waals surface area contributed by atoms with Crippen molar-refractivity contribution in [2.75, 3.05) is 13.1 Å². The summed E-state index contributed by atoms with van der Waals surface area (Å²) in [6.07, 6.45) is 5.66. The number of nitrogens with one attached hydrogen (secondary N) is 1. The zero-order valence-electron chi connectivity index (χ0n) is 13.2. The van der Waals surface area contributed by atoms with Crippen LogP contribution in [0.4, 0.5) is 0 Å². The van der Waals surface area contributed by atoms with Crippen LogP contribution in [0.2, 0.25) is 0 Å². The fourth-order valence-electron chi connectivity index (χ4n) is 3.00. The first-order chi connectivity index (χ1) is 9.69. The largest absolute Gasteiger partial charge is 0.375 e. The van der Waals surface area contributed by atoms with Crippen molar-refractivity contribution in [1.82, 2.24) is 5.32 Å². The molecule has 0 aliphatic carbocycles. The molecule has 1 aliphatic heterocycles. The Bertz CT molecular complexity index is 387. The fourth-order valence-corrected chi connectivity index (χ4v) is 3.00. The molecule has 1 aliphatic rings. The van der Waals surface area contributed by atoms with Crippen molar-refractivity contribution in [3.05, 3.63) is 35.4 Å². The van der Waals surface area contributed by atoms with Crippen molar-refractivity contribution in [3.63, 3.8) is 0 Å². The Morgan fingerprint density at radius 1 is 1.25 bits per heavy atom. The fraction of sp³-hybridized carbons (Fsp3) is 0.667. The highest BCUT2D eigenvalue weighted by atomic mass is 16.5. The van der Waals surface area contributed by atoms with E-state index in [4.69, 9.17) is 4.74 Å². The molecule has 1 heterocycles. The molecule has 3 unspecified atom stereocenters. The summed E-state index contributed by atoms with van der Waals surface area (Å²) < 4.78 is 6.02. The number of hydrogen-bond donors (Lipinski definition) is 1. The monoisotopic (exact) mass is 275 g/mol. The number of benzene rings is 1. The van der Waals surface area contributed by atoms with Crippen LogP contribution in [0.1, 0.15) is 56.6 Å². The molecule has 0 spiro atoms. The average Bonchev–Trinajstić information content (AvgIpc) is 2.84. The molecular formula is C18H29NO. The van der Waals surface area contributed by atoms with E-state index in [0.29, 0.717) is 18.1 Å². The summed E-state index contributed by atoms with van der Waals surface area (Å²) in [7, 11) is 0. The molecule has 1 aromatic rings. The second-order valence-corrected chi connectivity index (χ2v) is 6.19. The molecule has 2 rings (SSSR count). The Morgan fingerprint density at radius 3 is 2.60 bits per heavy atom. The highest BCUT2D eigenvalue weighted by Crippen LogP contribution is 2.29. The van der Waals surface area contributed by atoms with Crippen LogP contribution >= 0.6 is 0 Å². The summed E-state index contributed by atoms with van der Waals surface area (Å²) in [6.45, 7) is 8.72. The first-order valence-corrected chi connectivity index (χ1v) is 8.11. The standard InChI is InChI=1S/C18H29NO/c1-4-11-19-13-17(12-18-10-7-15(3)20-18)16-8-5-14(2)6-9-16/h5-6,8-9,15,17-19H,4,7,10-13H2,1-3H3. The minimum absolute atomic E-state index is 0.444. The van der Waals surface area contributed by atoms with E-state index in [-0.39, 0.29) is 0 Å². The topological polar surface area (TPSA) is 21.3 Å². The molecule has 3 atom stereocenters. The van der Waals surface area contributed by atoms with E-state index in [1.54, 1.807) is 0 Å². The normalized spacial score (nSPS) is 23.9. The minimum atomic E-state index is 0.444. The van der Waals surface area contributed by atoms with Crippen molar-refractivity contribution < 1.29 is 4.74 Å². The van der Waals surface area contributed by atoms with Gasteiger partial charge in [0.1, 0.15) is 0 Å². The van der Waals surface area contributed by atoms with Crippen molar-refractivity contribution in [3.8, 4) is 0 Å². The molecule has 0 aromatic heterocycles. The number of aryl methyl sites for hydroxylation is 1. The van der Waals surface area contributed by atoms with Crippen molar-refractivity contribution in [2.24, 2.45) is 0 Å². The second kappa shape index (κ2) is 7.80. The van der Waals surface area contributed by atoms with Gasteiger partial charge in [0.2, 0.25) is 0 Å². The van der Waals surface area contributed by atoms with E-state index >= 15 is 0 Å². The van der Waals surface area contributed by atoms with E-state index in [1.165, 1.54) is 30.4 Å². The van der Waals surface area contributed by atoms with Gasteiger partial charge in [0.25, 0.3) is 0 Å². The molecule has 0 radical (unpaired) electrons. The first kappa shape index (κ1) is 15.5. The van der Waals surface area contributed by atoms with Crippen LogP contribution in [-0.4, -0.2) is 25.3 Å². The van der Waals surface area contributed by atoms with E-state index in [2.05, 4.69) is 50.4 Å². The van der Waals surface area contributed by atoms with E-state index in [1.807, 2.05) is 0 Å². The number of ether oxygens (including phenoxy) is 1. The van der Waals surface area contributed by atoms with Gasteiger partial charge in [-0.1, -0.05) is 36.8 Å². The SMILES string of the molecule is CCCNCC(CC1CCC(C)O1)c1ccc(C)cc1. The van der Waals surface area contributed by atoms with Crippen LogP contribution in [0.25, 0.3) is 0 Å². The van der Waals surface area contributed by atoms with E-state index in [0.717, 1.165) is 19.5 Å². The maximum Gasteiger partial charge on any atom is 0.0586 e. The smallest absolute Gasteiger partial charge is 0.0586 e. The molecule has 1 N–H and O–H groups in total. The molecule has 1 saturated heterocycles. The Morgan fingerprint density at radius 2 is 2.00 bits per heavy atom. The highest BCUT2D eigenvalue weighted by molar-refractivity contribution is 5.25. The van der Waals surface area contributed by atoms with Gasteiger partial charge in [-0.2, -0.15) is 0 Å². The van der Waals surface area contributed by atoms with Crippen LogP contribution in [0.5, 0.6) is 0 Å². The summed E-state index contributed by atoms with van der Waals surface area (Å²) in [6, 6.07) is 9.01. The van der Waals surface area contributed by atoms with Gasteiger partial charge in [0, 0.05) is 6.54 Å². The van der Waals surface area contributed by atoms with E-state index < -0.39 is 0 Å². The first-order valence-electron chi connectivity index (χ1n) is 8.11. The lowest BCUT2D eigenvalue weighted by molar-refractivity contribution is 0.0466. The predicted molar refractivity (Wildman–Crippen MR) is 85.3 cm³/mol. The lowest BCUT2D eigenvalue weighted by atomic mass is 9.91. The average molecular weight is 275 g/mol. The van der Waals surface area contributed by atoms with Gasteiger partial charge >= 0.3 is 0 Å². The van der Waals surface area contributed by atoms with Crippen molar-refractivity contribution in [1.29, 1.82) is 0 Å². The van der Waals surface area contributed by atoms with Crippen LogP contribution in [0.3, 0.4) is 0 Å². The predicted octanol–water partition coefficient (Wildman–Crippen LogP) is 4.04. The summed E-state index contributed by atoms with van der Waals surface area (Å²) >= 11 is 0. The molecular weight excluding hydrogens is 246 g/mol. The minimum Gasteiger partial charge on any atom is -0.375 e. The third kappa shape index (κ3) is 4.60. The number of hydrogen-bond acceptors (Lipinski definition) is 2. The Kier molecular flexibility index (Phi) is 6.06. The number of rotatable bonds is 7. The maximum absolute atomic E-state index is 6.02. The molecule has 0 bridgehead atoms. The van der Waals surface area contributed by atoms with Crippen LogP contribution in [0.15, 0.2) is 24.3 Å². The molecule has 2 nitrogen and oxygen atoms in total. The molecule has 2 heteroatoms. The van der Waals surface area contributed by atoms with Gasteiger partial charge in [-0.25, -0.2) is 0 Å². The summed E-state index contributed by atoms with van der Waals surface area (Å²) in [5.74, 6) is 0.567. The quantitative estimate of drug-likeness (QED) is 0.758. The maximum atomic E-state index is 6.02. The van der Waals surface area contributed by atoms with Gasteiger partial charge in [-0.3, -0.25) is 0 Å². The lowest BCUT2D eigenvalue weighted by Gasteiger charge is -2.22. The second-order valence-electron chi connectivity index (χ2n) is 6.19. The van der Waals surface area contributed by atoms with Crippen molar-refractivity contribution >= 4 is 0 Å². The molecule has 112 valence electrons. The van der Waals surface area contributed by atoms with Crippen LogP contribution in [-0.2, 0) is 4.74 Å². The zero-order valence-corrected chi connectivity index (χ0v) is 13.2. The Hall–Kier alpha value is -0.860. The molecule has 0 amide bonds. The molecule has 1 fully saturated rings. The lowest BCUT2D eigenvalue weighted by Crippen LogP contribution is -2.25. The molecule has 20 heavy (non-hydrogen) atoms. The van der Waals surface area contributed by atoms with Gasteiger partial charge in [0.15, 0.2) is 0 Å². The molecule has 1 aromatic carbocycles. The van der Waals surface area contributed by atoms with Gasteiger partial charge < -0.3 is 10.1 Å². The van der Waals surface area contributed by atoms with Gasteiger partial charge in [-0.15, -0.1) is 0 Å².